The number of ketones is 1. The number of carbonyl (C=O) groups is 1. The van der Waals surface area contributed by atoms with Crippen LogP contribution in [0.5, 0.6) is 0 Å². The molecular formula is C24H23N2O+. The lowest BCUT2D eigenvalue weighted by Gasteiger charge is -2.38. The third kappa shape index (κ3) is 2.57. The summed E-state index contributed by atoms with van der Waals surface area (Å²) in [4.78, 5) is 16.7. The minimum absolute atomic E-state index is 0.0117. The van der Waals surface area contributed by atoms with Crippen LogP contribution in [0.2, 0.25) is 0 Å². The zero-order valence-corrected chi connectivity index (χ0v) is 15.7. The van der Waals surface area contributed by atoms with Crippen molar-refractivity contribution in [3.8, 4) is 0 Å². The summed E-state index contributed by atoms with van der Waals surface area (Å²) in [5, 5.41) is 6.03. The molecule has 5 rings (SSSR count). The van der Waals surface area contributed by atoms with Gasteiger partial charge in [-0.3, -0.25) is 4.79 Å². The fourth-order valence-corrected chi connectivity index (χ4v) is 4.70. The van der Waals surface area contributed by atoms with E-state index in [1.54, 1.807) is 0 Å². The molecule has 1 atom stereocenters. The molecule has 3 nitrogen and oxygen atoms in total. The van der Waals surface area contributed by atoms with E-state index in [4.69, 9.17) is 0 Å². The van der Waals surface area contributed by atoms with Crippen LogP contribution in [0, 0.1) is 5.41 Å². The molecule has 1 aliphatic carbocycles. The number of carbonyl (C=O) groups excluding carboxylic acids is 1. The summed E-state index contributed by atoms with van der Waals surface area (Å²) in [7, 11) is 0. The Morgan fingerprint density at radius 3 is 2.63 bits per heavy atom. The number of Topliss-reactive ketones (excluding diaryl/α,β-unsaturated/α-hetero) is 1. The quantitative estimate of drug-likeness (QED) is 0.678. The first kappa shape index (κ1) is 16.2. The van der Waals surface area contributed by atoms with Gasteiger partial charge in [0.2, 0.25) is 0 Å². The third-order valence-electron chi connectivity index (χ3n) is 5.80. The number of pyridine rings is 1. The number of allylic oxidation sites excluding steroid dienone is 2. The Kier molecular flexibility index (Phi) is 3.48. The normalized spacial score (nSPS) is 20.8. The second-order valence-electron chi connectivity index (χ2n) is 8.46. The highest BCUT2D eigenvalue weighted by Crippen LogP contribution is 2.50. The molecule has 2 aliphatic rings. The first-order valence-electron chi connectivity index (χ1n) is 9.55. The number of rotatable bonds is 1. The van der Waals surface area contributed by atoms with Crippen molar-refractivity contribution in [1.29, 1.82) is 0 Å². The molecule has 0 radical (unpaired) electrons. The van der Waals surface area contributed by atoms with Gasteiger partial charge in [0.1, 0.15) is 5.92 Å². The fraction of sp³-hybridized carbons (Fsp3) is 0.250. The van der Waals surface area contributed by atoms with Crippen LogP contribution < -0.4 is 10.3 Å². The Balaban J connectivity index is 1.82. The zero-order chi connectivity index (χ0) is 18.6. The molecule has 1 aromatic heterocycles. The van der Waals surface area contributed by atoms with Gasteiger partial charge in [0.05, 0.1) is 0 Å². The topological polar surface area (TPSA) is 43.2 Å². The van der Waals surface area contributed by atoms with Gasteiger partial charge >= 0.3 is 0 Å². The molecule has 2 N–H and O–H groups in total. The van der Waals surface area contributed by atoms with Gasteiger partial charge in [-0.1, -0.05) is 50.2 Å². The molecule has 0 saturated heterocycles. The molecule has 2 aromatic carbocycles. The monoisotopic (exact) mass is 355 g/mol. The minimum atomic E-state index is -0.0628. The molecule has 27 heavy (non-hydrogen) atoms. The lowest BCUT2D eigenvalue weighted by atomic mass is 9.69. The van der Waals surface area contributed by atoms with Crippen LogP contribution in [0.3, 0.4) is 0 Å². The van der Waals surface area contributed by atoms with Crippen molar-refractivity contribution < 1.29 is 9.78 Å². The largest absolute Gasteiger partial charge is 0.358 e. The van der Waals surface area contributed by atoms with E-state index in [1.165, 1.54) is 16.3 Å². The second kappa shape index (κ2) is 5.78. The first-order chi connectivity index (χ1) is 13.0. The van der Waals surface area contributed by atoms with Gasteiger partial charge in [-0.2, -0.15) is 0 Å². The molecule has 3 heteroatoms. The van der Waals surface area contributed by atoms with Gasteiger partial charge in [0.15, 0.2) is 17.7 Å². The van der Waals surface area contributed by atoms with E-state index >= 15 is 0 Å². The molecule has 0 fully saturated rings. The summed E-state index contributed by atoms with van der Waals surface area (Å²) in [5.74, 6) is 0.196. The molecular weight excluding hydrogens is 332 g/mol. The molecule has 0 bridgehead atoms. The number of aromatic amines is 1. The van der Waals surface area contributed by atoms with E-state index < -0.39 is 0 Å². The zero-order valence-electron chi connectivity index (χ0n) is 15.7. The van der Waals surface area contributed by atoms with Crippen LogP contribution in [0.25, 0.3) is 10.8 Å². The number of benzene rings is 2. The average Bonchev–Trinajstić information content (AvgIpc) is 2.66. The lowest BCUT2D eigenvalue weighted by Crippen LogP contribution is -2.35. The number of hydrogen-bond donors (Lipinski definition) is 1. The van der Waals surface area contributed by atoms with Gasteiger partial charge in [0, 0.05) is 41.1 Å². The van der Waals surface area contributed by atoms with Crippen molar-refractivity contribution in [2.24, 2.45) is 5.41 Å². The highest BCUT2D eigenvalue weighted by molar-refractivity contribution is 6.04. The van der Waals surface area contributed by atoms with Crippen LogP contribution in [-0.4, -0.2) is 5.78 Å². The van der Waals surface area contributed by atoms with E-state index in [9.17, 15) is 4.79 Å². The molecule has 0 amide bonds. The van der Waals surface area contributed by atoms with E-state index in [0.717, 1.165) is 29.1 Å². The van der Waals surface area contributed by atoms with E-state index in [0.29, 0.717) is 6.42 Å². The molecule has 134 valence electrons. The molecule has 0 spiro atoms. The Hall–Kier alpha value is -2.94. The number of anilines is 1. The summed E-state index contributed by atoms with van der Waals surface area (Å²) in [6, 6.07) is 18.9. The predicted molar refractivity (Wildman–Crippen MR) is 107 cm³/mol. The van der Waals surface area contributed by atoms with Crippen molar-refractivity contribution in [1.82, 2.24) is 0 Å². The summed E-state index contributed by atoms with van der Waals surface area (Å²) >= 11 is 0. The second-order valence-corrected chi connectivity index (χ2v) is 8.46. The highest BCUT2D eigenvalue weighted by Gasteiger charge is 2.43. The van der Waals surface area contributed by atoms with Crippen molar-refractivity contribution in [3.63, 3.8) is 0 Å². The molecule has 2 heterocycles. The van der Waals surface area contributed by atoms with Crippen LogP contribution in [-0.2, 0) is 4.79 Å². The van der Waals surface area contributed by atoms with Gasteiger partial charge in [-0.25, -0.2) is 4.98 Å². The smallest absolute Gasteiger partial charge is 0.191 e. The summed E-state index contributed by atoms with van der Waals surface area (Å²) < 4.78 is 0. The molecule has 0 saturated carbocycles. The van der Waals surface area contributed by atoms with Crippen molar-refractivity contribution >= 4 is 22.2 Å². The maximum absolute atomic E-state index is 13.3. The Labute approximate surface area is 159 Å². The van der Waals surface area contributed by atoms with Gasteiger partial charge in [0.25, 0.3) is 0 Å². The predicted octanol–water partition coefficient (Wildman–Crippen LogP) is 4.85. The maximum Gasteiger partial charge on any atom is 0.191 e. The van der Waals surface area contributed by atoms with Gasteiger partial charge in [-0.15, -0.1) is 0 Å². The molecule has 1 aliphatic heterocycles. The van der Waals surface area contributed by atoms with Gasteiger partial charge < -0.3 is 5.32 Å². The minimum Gasteiger partial charge on any atom is -0.358 e. The number of aromatic nitrogens is 1. The van der Waals surface area contributed by atoms with E-state index in [1.807, 2.05) is 18.3 Å². The Morgan fingerprint density at radius 1 is 1.00 bits per heavy atom. The van der Waals surface area contributed by atoms with Crippen LogP contribution in [0.15, 0.2) is 72.1 Å². The lowest BCUT2D eigenvalue weighted by molar-refractivity contribution is -0.391. The summed E-state index contributed by atoms with van der Waals surface area (Å²) in [5.41, 5.74) is 5.38. The number of H-pyrrole nitrogens is 1. The van der Waals surface area contributed by atoms with Crippen LogP contribution >= 0.6 is 0 Å². The number of fused-ring (bicyclic) bond motifs is 3. The summed E-state index contributed by atoms with van der Waals surface area (Å²) in [6.07, 6.45) is 3.43. The molecule has 3 aromatic rings. The Bertz CT molecular complexity index is 1100. The maximum atomic E-state index is 13.3. The first-order valence-corrected chi connectivity index (χ1v) is 9.55. The Morgan fingerprint density at radius 2 is 1.81 bits per heavy atom. The molecule has 1 unspecified atom stereocenters. The summed E-state index contributed by atoms with van der Waals surface area (Å²) in [6.45, 7) is 4.35. The van der Waals surface area contributed by atoms with Crippen molar-refractivity contribution in [3.05, 3.63) is 83.3 Å². The fourth-order valence-electron chi connectivity index (χ4n) is 4.70. The van der Waals surface area contributed by atoms with E-state index in [-0.39, 0.29) is 17.1 Å². The van der Waals surface area contributed by atoms with Crippen LogP contribution in [0.4, 0.5) is 5.69 Å². The van der Waals surface area contributed by atoms with Crippen LogP contribution in [0.1, 0.15) is 43.9 Å². The van der Waals surface area contributed by atoms with Gasteiger partial charge in [-0.05, 0) is 28.7 Å². The van der Waals surface area contributed by atoms with Crippen molar-refractivity contribution in [2.45, 2.75) is 32.6 Å². The highest BCUT2D eigenvalue weighted by atomic mass is 16.1. The average molecular weight is 355 g/mol. The third-order valence-corrected chi connectivity index (χ3v) is 5.80. The number of hydrogen-bond acceptors (Lipinski definition) is 2. The van der Waals surface area contributed by atoms with E-state index in [2.05, 4.69) is 66.6 Å². The SMILES string of the molecule is CC1(C)CC(=O)C2=C(C1)Nc1ccc3ccccc3c1C2c1cccc[nH+]1. The number of nitrogens with one attached hydrogen (secondary N) is 2. The standard InChI is InChI=1S/C24H22N2O/c1-24(2)13-19-22(20(27)14-24)23(17-9-5-6-12-25-17)21-16-8-4-3-7-15(16)10-11-18(21)26-19/h3-12,23,26H,13-14H2,1-2H3/p+1. The van der Waals surface area contributed by atoms with Crippen molar-refractivity contribution in [2.75, 3.05) is 5.32 Å².